The summed E-state index contributed by atoms with van der Waals surface area (Å²) in [4.78, 5) is 39.8. The van der Waals surface area contributed by atoms with Gasteiger partial charge in [-0.05, 0) is 45.4 Å². The number of carbonyl (C=O) groups is 3. The highest BCUT2D eigenvalue weighted by Gasteiger charge is 2.28. The predicted molar refractivity (Wildman–Crippen MR) is 98.4 cm³/mol. The number of aromatic amines is 1. The van der Waals surface area contributed by atoms with Crippen molar-refractivity contribution < 1.29 is 33.0 Å². The molecule has 7 nitrogen and oxygen atoms in total. The summed E-state index contributed by atoms with van der Waals surface area (Å²) in [6.07, 6.45) is -1.19. The molecule has 0 aliphatic carbocycles. The second-order valence-electron chi connectivity index (χ2n) is 6.10. The van der Waals surface area contributed by atoms with Crippen molar-refractivity contribution in [3.8, 4) is 5.75 Å². The van der Waals surface area contributed by atoms with Crippen LogP contribution in [0, 0.1) is 19.7 Å². The first-order chi connectivity index (χ1) is 13.2. The van der Waals surface area contributed by atoms with Gasteiger partial charge in [0, 0.05) is 11.8 Å². The Kier molecular flexibility index (Phi) is 6.56. The molecule has 0 radical (unpaired) electrons. The summed E-state index contributed by atoms with van der Waals surface area (Å²) in [5, 5.41) is 0. The number of aryl methyl sites for hydroxylation is 1. The average molecular weight is 391 g/mol. The normalized spacial score (nSPS) is 11.6. The van der Waals surface area contributed by atoms with Crippen molar-refractivity contribution in [2.24, 2.45) is 0 Å². The van der Waals surface area contributed by atoms with Crippen LogP contribution in [0.2, 0.25) is 0 Å². The number of benzene rings is 1. The number of H-pyrrole nitrogens is 1. The van der Waals surface area contributed by atoms with Gasteiger partial charge < -0.3 is 19.2 Å². The van der Waals surface area contributed by atoms with Gasteiger partial charge in [0.15, 0.2) is 6.10 Å². The maximum Gasteiger partial charge on any atom is 0.341 e. The van der Waals surface area contributed by atoms with E-state index < -0.39 is 29.6 Å². The zero-order chi connectivity index (χ0) is 21.0. The van der Waals surface area contributed by atoms with Crippen molar-refractivity contribution in [3.05, 3.63) is 52.1 Å². The summed E-state index contributed by atoms with van der Waals surface area (Å²) in [6.45, 7) is 6.50. The Bertz CT molecular complexity index is 918. The zero-order valence-electron chi connectivity index (χ0n) is 16.3. The summed E-state index contributed by atoms with van der Waals surface area (Å²) in [7, 11) is 1.37. The second kappa shape index (κ2) is 8.69. The molecule has 0 aliphatic heterocycles. The van der Waals surface area contributed by atoms with Crippen LogP contribution in [0.25, 0.3) is 0 Å². The van der Waals surface area contributed by atoms with Crippen LogP contribution < -0.4 is 4.74 Å². The number of esters is 2. The lowest BCUT2D eigenvalue weighted by Gasteiger charge is -2.13. The molecule has 2 rings (SSSR count). The Morgan fingerprint density at radius 2 is 1.86 bits per heavy atom. The maximum absolute atomic E-state index is 14.0. The number of halogens is 1. The molecule has 8 heteroatoms. The molecule has 28 heavy (non-hydrogen) atoms. The van der Waals surface area contributed by atoms with E-state index in [-0.39, 0.29) is 29.2 Å². The Morgan fingerprint density at radius 3 is 2.43 bits per heavy atom. The van der Waals surface area contributed by atoms with E-state index in [9.17, 15) is 18.8 Å². The van der Waals surface area contributed by atoms with Gasteiger partial charge in [0.25, 0.3) is 0 Å². The largest absolute Gasteiger partial charge is 0.497 e. The number of rotatable bonds is 7. The minimum Gasteiger partial charge on any atom is -0.497 e. The Morgan fingerprint density at radius 1 is 1.18 bits per heavy atom. The lowest BCUT2D eigenvalue weighted by Crippen LogP contribution is -2.25. The Hall–Kier alpha value is -3.16. The fourth-order valence-corrected chi connectivity index (χ4v) is 2.78. The monoisotopic (exact) mass is 391 g/mol. The average Bonchev–Trinajstić information content (AvgIpc) is 2.95. The molecule has 0 saturated carbocycles. The van der Waals surface area contributed by atoms with Gasteiger partial charge in [0.2, 0.25) is 5.78 Å². The first-order valence-corrected chi connectivity index (χ1v) is 8.66. The molecule has 1 N–H and O–H groups in total. The number of nitrogens with one attached hydrogen (secondary N) is 1. The minimum atomic E-state index is -1.19. The SMILES string of the molecule is CCOC(=O)c1c(C)[nH]c(C(=O)[C@H](C)OC(=O)c2ccc(OC)cc2F)c1C. The quantitative estimate of drug-likeness (QED) is 0.574. The first kappa shape index (κ1) is 21.1. The molecule has 1 heterocycles. The van der Waals surface area contributed by atoms with E-state index in [1.165, 1.54) is 26.2 Å². The molecule has 0 amide bonds. The van der Waals surface area contributed by atoms with Gasteiger partial charge in [-0.15, -0.1) is 0 Å². The van der Waals surface area contributed by atoms with Crippen molar-refractivity contribution >= 4 is 17.7 Å². The van der Waals surface area contributed by atoms with Crippen LogP contribution in [0.15, 0.2) is 18.2 Å². The van der Waals surface area contributed by atoms with Crippen LogP contribution in [0.5, 0.6) is 5.75 Å². The topological polar surface area (TPSA) is 94.7 Å². The zero-order valence-corrected chi connectivity index (χ0v) is 16.3. The summed E-state index contributed by atoms with van der Waals surface area (Å²) in [5.74, 6) is -2.63. The molecule has 0 bridgehead atoms. The number of methoxy groups -OCH3 is 1. The third-order valence-electron chi connectivity index (χ3n) is 4.21. The van der Waals surface area contributed by atoms with Gasteiger partial charge in [-0.2, -0.15) is 0 Å². The summed E-state index contributed by atoms with van der Waals surface area (Å²) < 4.78 is 29.0. The molecule has 2 aromatic rings. The minimum absolute atomic E-state index is 0.135. The number of ether oxygens (including phenoxy) is 3. The van der Waals surface area contributed by atoms with E-state index in [1.54, 1.807) is 20.8 Å². The highest BCUT2D eigenvalue weighted by molar-refractivity contribution is 6.04. The molecule has 0 aliphatic rings. The van der Waals surface area contributed by atoms with Crippen LogP contribution in [-0.4, -0.2) is 42.5 Å². The van der Waals surface area contributed by atoms with Gasteiger partial charge in [0.05, 0.1) is 30.5 Å². The summed E-state index contributed by atoms with van der Waals surface area (Å²) in [5.41, 5.74) is 0.964. The number of hydrogen-bond donors (Lipinski definition) is 1. The van der Waals surface area contributed by atoms with Gasteiger partial charge in [-0.25, -0.2) is 14.0 Å². The highest BCUT2D eigenvalue weighted by Crippen LogP contribution is 2.22. The van der Waals surface area contributed by atoms with E-state index in [0.29, 0.717) is 11.3 Å². The lowest BCUT2D eigenvalue weighted by molar-refractivity contribution is 0.0312. The Balaban J connectivity index is 2.20. The number of aromatic nitrogens is 1. The molecule has 1 aromatic carbocycles. The lowest BCUT2D eigenvalue weighted by atomic mass is 10.1. The fourth-order valence-electron chi connectivity index (χ4n) is 2.78. The molecule has 0 fully saturated rings. The Labute approximate surface area is 161 Å². The number of carbonyl (C=O) groups excluding carboxylic acids is 3. The molecule has 1 aromatic heterocycles. The van der Waals surface area contributed by atoms with E-state index in [1.807, 2.05) is 0 Å². The molecular formula is C20H22FNO6. The predicted octanol–water partition coefficient (Wildman–Crippen LogP) is 3.38. The van der Waals surface area contributed by atoms with Crippen LogP contribution in [0.3, 0.4) is 0 Å². The van der Waals surface area contributed by atoms with Gasteiger partial charge >= 0.3 is 11.9 Å². The van der Waals surface area contributed by atoms with Crippen molar-refractivity contribution in [1.82, 2.24) is 4.98 Å². The van der Waals surface area contributed by atoms with Crippen molar-refractivity contribution in [2.75, 3.05) is 13.7 Å². The van der Waals surface area contributed by atoms with Crippen LogP contribution in [-0.2, 0) is 9.47 Å². The van der Waals surface area contributed by atoms with Crippen molar-refractivity contribution in [2.45, 2.75) is 33.8 Å². The van der Waals surface area contributed by atoms with Gasteiger partial charge in [-0.1, -0.05) is 0 Å². The molecule has 0 unspecified atom stereocenters. The van der Waals surface area contributed by atoms with E-state index >= 15 is 0 Å². The number of Topliss-reactive ketones (excluding diaryl/α,β-unsaturated/α-hetero) is 1. The fraction of sp³-hybridized carbons (Fsp3) is 0.350. The first-order valence-electron chi connectivity index (χ1n) is 8.66. The molecule has 150 valence electrons. The van der Waals surface area contributed by atoms with E-state index in [0.717, 1.165) is 6.07 Å². The standard InChI is InChI=1S/C20H22FNO6/c1-6-27-20(25)16-10(2)17(22-11(16)3)18(23)12(4)28-19(24)14-8-7-13(26-5)9-15(14)21/h7-9,12,22H,6H2,1-5H3/t12-/m0/s1. The molecule has 0 spiro atoms. The molecule has 1 atom stereocenters. The number of hydrogen-bond acceptors (Lipinski definition) is 6. The molecule has 0 saturated heterocycles. The van der Waals surface area contributed by atoms with E-state index in [2.05, 4.69) is 4.98 Å². The second-order valence-corrected chi connectivity index (χ2v) is 6.10. The summed E-state index contributed by atoms with van der Waals surface area (Å²) in [6, 6.07) is 3.68. The van der Waals surface area contributed by atoms with E-state index in [4.69, 9.17) is 14.2 Å². The number of ketones is 1. The third kappa shape index (κ3) is 4.21. The van der Waals surface area contributed by atoms with Gasteiger partial charge in [0.1, 0.15) is 11.6 Å². The van der Waals surface area contributed by atoms with Crippen LogP contribution >= 0.6 is 0 Å². The van der Waals surface area contributed by atoms with Crippen molar-refractivity contribution in [3.63, 3.8) is 0 Å². The maximum atomic E-state index is 14.0. The van der Waals surface area contributed by atoms with Crippen LogP contribution in [0.4, 0.5) is 4.39 Å². The highest BCUT2D eigenvalue weighted by atomic mass is 19.1. The summed E-state index contributed by atoms with van der Waals surface area (Å²) >= 11 is 0. The smallest absolute Gasteiger partial charge is 0.341 e. The third-order valence-corrected chi connectivity index (χ3v) is 4.21. The van der Waals surface area contributed by atoms with Crippen LogP contribution in [0.1, 0.15) is 56.3 Å². The van der Waals surface area contributed by atoms with Gasteiger partial charge in [-0.3, -0.25) is 4.79 Å². The molecular weight excluding hydrogens is 369 g/mol. The van der Waals surface area contributed by atoms with Crippen molar-refractivity contribution in [1.29, 1.82) is 0 Å².